The van der Waals surface area contributed by atoms with E-state index >= 15 is 0 Å². The standard InChI is InChI=1S/C25H24ClNO8S/c1-5-34-25(30)21-20(14-9-7-6-8-10-14)22(26)36-23(21)27-19(28)13-35-24(29)15-11-17(32-3)18(33-4)12-16(15)31-2/h6-12H,5,13H2,1-4H3,(H,27,28). The summed E-state index contributed by atoms with van der Waals surface area (Å²) in [5, 5.41) is 2.78. The van der Waals surface area contributed by atoms with Crippen LogP contribution in [0.3, 0.4) is 0 Å². The molecule has 3 rings (SSSR count). The zero-order chi connectivity index (χ0) is 26.2. The zero-order valence-electron chi connectivity index (χ0n) is 20.0. The highest BCUT2D eigenvalue weighted by Gasteiger charge is 2.27. The Hall–Kier alpha value is -3.76. The lowest BCUT2D eigenvalue weighted by molar-refractivity contribution is -0.119. The van der Waals surface area contributed by atoms with Crippen LogP contribution in [0.15, 0.2) is 42.5 Å². The molecular formula is C25H24ClNO8S. The molecule has 1 N–H and O–H groups in total. The van der Waals surface area contributed by atoms with E-state index in [0.29, 0.717) is 21.2 Å². The Labute approximate surface area is 216 Å². The summed E-state index contributed by atoms with van der Waals surface area (Å²) in [6.07, 6.45) is 0. The largest absolute Gasteiger partial charge is 0.496 e. The summed E-state index contributed by atoms with van der Waals surface area (Å²) in [4.78, 5) is 38.1. The first-order valence-electron chi connectivity index (χ1n) is 10.7. The molecular weight excluding hydrogens is 510 g/mol. The molecule has 3 aromatic rings. The number of carbonyl (C=O) groups is 3. The number of thiophene rings is 1. The van der Waals surface area contributed by atoms with Crippen molar-refractivity contribution < 1.29 is 38.1 Å². The molecule has 36 heavy (non-hydrogen) atoms. The number of benzene rings is 2. The molecule has 0 aliphatic rings. The number of hydrogen-bond donors (Lipinski definition) is 1. The van der Waals surface area contributed by atoms with Crippen molar-refractivity contribution in [2.45, 2.75) is 6.92 Å². The number of amides is 1. The van der Waals surface area contributed by atoms with Crippen LogP contribution in [-0.4, -0.2) is 52.4 Å². The highest BCUT2D eigenvalue weighted by molar-refractivity contribution is 7.21. The second-order valence-electron chi connectivity index (χ2n) is 7.07. The summed E-state index contributed by atoms with van der Waals surface area (Å²) in [6.45, 7) is 1.18. The summed E-state index contributed by atoms with van der Waals surface area (Å²) >= 11 is 7.45. The smallest absolute Gasteiger partial charge is 0.342 e. The zero-order valence-corrected chi connectivity index (χ0v) is 21.6. The van der Waals surface area contributed by atoms with Gasteiger partial charge in [-0.1, -0.05) is 41.9 Å². The van der Waals surface area contributed by atoms with Crippen molar-refractivity contribution >= 4 is 45.8 Å². The Morgan fingerprint density at radius 2 is 1.53 bits per heavy atom. The Bertz CT molecular complexity index is 1260. The molecule has 0 unspecified atom stereocenters. The van der Waals surface area contributed by atoms with Gasteiger partial charge < -0.3 is 29.0 Å². The lowest BCUT2D eigenvalue weighted by Gasteiger charge is -2.13. The van der Waals surface area contributed by atoms with Crippen molar-refractivity contribution in [1.82, 2.24) is 0 Å². The summed E-state index contributed by atoms with van der Waals surface area (Å²) in [6, 6.07) is 11.9. The number of rotatable bonds is 10. The first kappa shape index (κ1) is 26.8. The Morgan fingerprint density at radius 1 is 0.889 bits per heavy atom. The predicted molar refractivity (Wildman–Crippen MR) is 136 cm³/mol. The van der Waals surface area contributed by atoms with Crippen LogP contribution in [0, 0.1) is 0 Å². The first-order chi connectivity index (χ1) is 17.3. The van der Waals surface area contributed by atoms with Gasteiger partial charge in [-0.3, -0.25) is 4.79 Å². The van der Waals surface area contributed by atoms with E-state index in [1.807, 2.05) is 6.07 Å². The van der Waals surface area contributed by atoms with Crippen molar-refractivity contribution in [3.63, 3.8) is 0 Å². The van der Waals surface area contributed by atoms with Crippen LogP contribution in [0.1, 0.15) is 27.6 Å². The quantitative estimate of drug-likeness (QED) is 0.360. The minimum absolute atomic E-state index is 0.0423. The Balaban J connectivity index is 1.81. The van der Waals surface area contributed by atoms with Gasteiger partial charge in [-0.05, 0) is 12.5 Å². The number of anilines is 1. The van der Waals surface area contributed by atoms with Crippen molar-refractivity contribution in [3.8, 4) is 28.4 Å². The van der Waals surface area contributed by atoms with Crippen LogP contribution in [-0.2, 0) is 14.3 Å². The molecule has 0 aliphatic heterocycles. The van der Waals surface area contributed by atoms with E-state index in [0.717, 1.165) is 11.3 Å². The normalized spacial score (nSPS) is 10.4. The van der Waals surface area contributed by atoms with Gasteiger partial charge in [-0.25, -0.2) is 9.59 Å². The van der Waals surface area contributed by atoms with Gasteiger partial charge in [0, 0.05) is 17.7 Å². The second kappa shape index (κ2) is 12.3. The van der Waals surface area contributed by atoms with Crippen molar-refractivity contribution in [2.24, 2.45) is 0 Å². The van der Waals surface area contributed by atoms with Crippen molar-refractivity contribution in [2.75, 3.05) is 39.9 Å². The monoisotopic (exact) mass is 533 g/mol. The topological polar surface area (TPSA) is 109 Å². The third kappa shape index (κ3) is 5.89. The fourth-order valence-electron chi connectivity index (χ4n) is 3.31. The van der Waals surface area contributed by atoms with E-state index in [-0.39, 0.29) is 34.2 Å². The van der Waals surface area contributed by atoms with Crippen LogP contribution in [0.4, 0.5) is 5.00 Å². The number of ether oxygens (including phenoxy) is 5. The maximum Gasteiger partial charge on any atom is 0.342 e. The average molecular weight is 534 g/mol. The summed E-state index contributed by atoms with van der Waals surface area (Å²) < 4.78 is 26.3. The van der Waals surface area contributed by atoms with Gasteiger partial charge in [0.15, 0.2) is 18.1 Å². The van der Waals surface area contributed by atoms with Gasteiger partial charge in [-0.2, -0.15) is 0 Å². The van der Waals surface area contributed by atoms with Crippen LogP contribution in [0.25, 0.3) is 11.1 Å². The van der Waals surface area contributed by atoms with E-state index in [4.69, 9.17) is 35.3 Å². The molecule has 0 fully saturated rings. The molecule has 1 heterocycles. The molecule has 1 aromatic heterocycles. The van der Waals surface area contributed by atoms with Gasteiger partial charge in [0.05, 0.1) is 27.9 Å². The van der Waals surface area contributed by atoms with Crippen LogP contribution < -0.4 is 19.5 Å². The third-order valence-corrected chi connectivity index (χ3v) is 6.23. The fourth-order valence-corrected chi connectivity index (χ4v) is 4.70. The molecule has 11 heteroatoms. The lowest BCUT2D eigenvalue weighted by Crippen LogP contribution is -2.22. The molecule has 0 radical (unpaired) electrons. The van der Waals surface area contributed by atoms with Crippen molar-refractivity contribution in [3.05, 3.63) is 57.9 Å². The minimum Gasteiger partial charge on any atom is -0.496 e. The van der Waals surface area contributed by atoms with Gasteiger partial charge in [-0.15, -0.1) is 11.3 Å². The van der Waals surface area contributed by atoms with E-state index in [1.165, 1.54) is 33.5 Å². The first-order valence-corrected chi connectivity index (χ1v) is 11.9. The third-order valence-electron chi connectivity index (χ3n) is 4.92. The van der Waals surface area contributed by atoms with E-state index in [1.54, 1.807) is 31.2 Å². The average Bonchev–Trinajstić information content (AvgIpc) is 3.22. The van der Waals surface area contributed by atoms with Crippen LogP contribution in [0.2, 0.25) is 4.34 Å². The molecule has 0 saturated carbocycles. The number of carbonyl (C=O) groups excluding carboxylic acids is 3. The molecule has 1 amide bonds. The molecule has 2 aromatic carbocycles. The maximum absolute atomic E-state index is 12.7. The minimum atomic E-state index is -0.817. The molecule has 0 bridgehead atoms. The lowest BCUT2D eigenvalue weighted by atomic mass is 10.0. The van der Waals surface area contributed by atoms with Gasteiger partial charge in [0.1, 0.15) is 26.2 Å². The van der Waals surface area contributed by atoms with E-state index in [2.05, 4.69) is 5.32 Å². The van der Waals surface area contributed by atoms with Crippen LogP contribution in [0.5, 0.6) is 17.2 Å². The van der Waals surface area contributed by atoms with E-state index in [9.17, 15) is 14.4 Å². The molecule has 0 spiro atoms. The second-order valence-corrected chi connectivity index (χ2v) is 8.70. The fraction of sp³-hybridized carbons (Fsp3) is 0.240. The van der Waals surface area contributed by atoms with Gasteiger partial charge >= 0.3 is 11.9 Å². The van der Waals surface area contributed by atoms with Crippen molar-refractivity contribution in [1.29, 1.82) is 0 Å². The Kier molecular flexibility index (Phi) is 9.15. The molecule has 0 atom stereocenters. The maximum atomic E-state index is 12.7. The molecule has 9 nitrogen and oxygen atoms in total. The number of esters is 2. The van der Waals surface area contributed by atoms with Gasteiger partial charge in [0.25, 0.3) is 5.91 Å². The highest BCUT2D eigenvalue weighted by Crippen LogP contribution is 2.44. The Morgan fingerprint density at radius 3 is 2.14 bits per heavy atom. The number of methoxy groups -OCH3 is 3. The van der Waals surface area contributed by atoms with Gasteiger partial charge in [0.2, 0.25) is 0 Å². The molecule has 0 saturated heterocycles. The SMILES string of the molecule is CCOC(=O)c1c(NC(=O)COC(=O)c2cc(OC)c(OC)cc2OC)sc(Cl)c1-c1ccccc1. The number of hydrogen-bond acceptors (Lipinski definition) is 9. The summed E-state index contributed by atoms with van der Waals surface area (Å²) in [7, 11) is 4.25. The predicted octanol–water partition coefficient (Wildman–Crippen LogP) is 5.07. The van der Waals surface area contributed by atoms with E-state index < -0.39 is 24.5 Å². The number of halogens is 1. The summed E-state index contributed by atoms with van der Waals surface area (Å²) in [5.41, 5.74) is 1.30. The molecule has 190 valence electrons. The van der Waals surface area contributed by atoms with Crippen LogP contribution >= 0.6 is 22.9 Å². The molecule has 0 aliphatic carbocycles. The highest BCUT2D eigenvalue weighted by atomic mass is 35.5. The summed E-state index contributed by atoms with van der Waals surface area (Å²) in [5.74, 6) is -1.30. The number of nitrogens with one attached hydrogen (secondary N) is 1.